The molecule has 0 radical (unpaired) electrons. The molecule has 0 bridgehead atoms. The molecule has 1 aromatic heterocycles. The quantitative estimate of drug-likeness (QED) is 0.912. The number of nitrogens with one attached hydrogen (secondary N) is 1. The molecule has 18 heavy (non-hydrogen) atoms. The number of hydrogen-bond acceptors (Lipinski definition) is 3. The average Bonchev–Trinajstić information content (AvgIpc) is 2.81. The number of carbonyl (C=O) groups excluding carboxylic acids is 1. The number of carbonyl (C=O) groups is 1. The van der Waals surface area contributed by atoms with Gasteiger partial charge in [-0.2, -0.15) is 11.3 Å². The molecule has 2 unspecified atom stereocenters. The minimum absolute atomic E-state index is 0.0665. The van der Waals surface area contributed by atoms with E-state index in [1.54, 1.807) is 11.3 Å². The average molecular weight is 266 g/mol. The zero-order valence-corrected chi connectivity index (χ0v) is 12.2. The van der Waals surface area contributed by atoms with E-state index >= 15 is 0 Å². The number of nitrogens with zero attached hydrogens (tertiary/aromatic N) is 1. The first-order chi connectivity index (χ1) is 8.56. The maximum Gasteiger partial charge on any atom is 0.222 e. The van der Waals surface area contributed by atoms with Crippen molar-refractivity contribution in [2.24, 2.45) is 11.8 Å². The summed E-state index contributed by atoms with van der Waals surface area (Å²) < 4.78 is 0. The molecule has 0 saturated carbocycles. The second-order valence-electron chi connectivity index (χ2n) is 5.59. The first kappa shape index (κ1) is 13.4. The van der Waals surface area contributed by atoms with Crippen LogP contribution in [-0.4, -0.2) is 25.0 Å². The van der Waals surface area contributed by atoms with Gasteiger partial charge in [0.25, 0.3) is 0 Å². The lowest BCUT2D eigenvalue weighted by molar-refractivity contribution is -0.124. The normalized spacial score (nSPS) is 24.3. The van der Waals surface area contributed by atoms with Crippen molar-refractivity contribution in [1.29, 1.82) is 0 Å². The number of amides is 1. The van der Waals surface area contributed by atoms with E-state index in [0.29, 0.717) is 5.92 Å². The predicted molar refractivity (Wildman–Crippen MR) is 77.1 cm³/mol. The van der Waals surface area contributed by atoms with Crippen LogP contribution in [0.5, 0.6) is 0 Å². The largest absolute Gasteiger partial charge is 0.369 e. The van der Waals surface area contributed by atoms with E-state index in [4.69, 9.17) is 0 Å². The van der Waals surface area contributed by atoms with Gasteiger partial charge in [0, 0.05) is 36.1 Å². The van der Waals surface area contributed by atoms with Gasteiger partial charge in [0.15, 0.2) is 0 Å². The highest BCUT2D eigenvalue weighted by atomic mass is 32.1. The van der Waals surface area contributed by atoms with Crippen molar-refractivity contribution in [1.82, 2.24) is 5.32 Å². The molecule has 1 fully saturated rings. The summed E-state index contributed by atoms with van der Waals surface area (Å²) in [7, 11) is 0. The molecule has 2 heterocycles. The van der Waals surface area contributed by atoms with E-state index in [0.717, 1.165) is 19.5 Å². The second kappa shape index (κ2) is 5.74. The zero-order chi connectivity index (χ0) is 13.1. The van der Waals surface area contributed by atoms with Gasteiger partial charge in [-0.25, -0.2) is 0 Å². The summed E-state index contributed by atoms with van der Waals surface area (Å²) in [6, 6.07) is 2.44. The van der Waals surface area contributed by atoms with Crippen molar-refractivity contribution < 1.29 is 4.79 Å². The molecule has 0 spiro atoms. The van der Waals surface area contributed by atoms with Crippen molar-refractivity contribution in [2.45, 2.75) is 33.2 Å². The third-order valence-electron chi connectivity index (χ3n) is 3.40. The molecular formula is C14H22N2OS. The highest BCUT2D eigenvalue weighted by Gasteiger charge is 2.26. The fraction of sp³-hybridized carbons (Fsp3) is 0.643. The molecule has 100 valence electrons. The Kier molecular flexibility index (Phi) is 4.27. The molecule has 3 nitrogen and oxygen atoms in total. The van der Waals surface area contributed by atoms with Crippen LogP contribution in [-0.2, 0) is 4.79 Å². The van der Waals surface area contributed by atoms with Crippen molar-refractivity contribution in [3.63, 3.8) is 0 Å². The van der Waals surface area contributed by atoms with Crippen LogP contribution >= 0.6 is 11.3 Å². The van der Waals surface area contributed by atoms with Crippen LogP contribution in [0.1, 0.15) is 27.2 Å². The summed E-state index contributed by atoms with van der Waals surface area (Å²) in [5.74, 6) is 0.854. The van der Waals surface area contributed by atoms with Gasteiger partial charge in [-0.3, -0.25) is 4.79 Å². The Morgan fingerprint density at radius 3 is 2.89 bits per heavy atom. The Morgan fingerprint density at radius 2 is 2.28 bits per heavy atom. The summed E-state index contributed by atoms with van der Waals surface area (Å²) >= 11 is 1.73. The highest BCUT2D eigenvalue weighted by Crippen LogP contribution is 2.25. The summed E-state index contributed by atoms with van der Waals surface area (Å²) in [6.07, 6.45) is 1.08. The van der Waals surface area contributed by atoms with Gasteiger partial charge in [0.1, 0.15) is 0 Å². The maximum absolute atomic E-state index is 11.8. The van der Waals surface area contributed by atoms with Crippen molar-refractivity contribution >= 4 is 22.9 Å². The molecule has 1 N–H and O–H groups in total. The Hall–Kier alpha value is -1.03. The number of piperidine rings is 1. The monoisotopic (exact) mass is 266 g/mol. The summed E-state index contributed by atoms with van der Waals surface area (Å²) in [6.45, 7) is 8.16. The van der Waals surface area contributed by atoms with Crippen LogP contribution in [0.3, 0.4) is 0 Å². The van der Waals surface area contributed by atoms with E-state index in [-0.39, 0.29) is 17.9 Å². The molecular weight excluding hydrogens is 244 g/mol. The lowest BCUT2D eigenvalue weighted by atomic mass is 9.95. The first-order valence-electron chi connectivity index (χ1n) is 6.63. The molecule has 1 saturated heterocycles. The van der Waals surface area contributed by atoms with E-state index in [1.165, 1.54) is 5.69 Å². The third-order valence-corrected chi connectivity index (χ3v) is 4.07. The van der Waals surface area contributed by atoms with Gasteiger partial charge in [0.2, 0.25) is 5.91 Å². The number of thiophene rings is 1. The Morgan fingerprint density at radius 1 is 1.50 bits per heavy atom. The minimum Gasteiger partial charge on any atom is -0.369 e. The number of rotatable bonds is 3. The second-order valence-corrected chi connectivity index (χ2v) is 6.37. The maximum atomic E-state index is 11.8. The van der Waals surface area contributed by atoms with Gasteiger partial charge >= 0.3 is 0 Å². The zero-order valence-electron chi connectivity index (χ0n) is 11.3. The van der Waals surface area contributed by atoms with Crippen LogP contribution < -0.4 is 10.2 Å². The van der Waals surface area contributed by atoms with Crippen LogP contribution in [0.4, 0.5) is 5.69 Å². The molecule has 1 aliphatic heterocycles. The van der Waals surface area contributed by atoms with Crippen molar-refractivity contribution in [3.05, 3.63) is 16.8 Å². The topological polar surface area (TPSA) is 32.3 Å². The number of anilines is 1. The first-order valence-corrected chi connectivity index (χ1v) is 7.58. The Balaban J connectivity index is 1.98. The lowest BCUT2D eigenvalue weighted by Gasteiger charge is -2.38. The molecule has 2 atom stereocenters. The molecule has 1 amide bonds. The predicted octanol–water partition coefficient (Wildman–Crippen LogP) is 2.74. The highest BCUT2D eigenvalue weighted by molar-refractivity contribution is 7.08. The molecule has 0 aromatic carbocycles. The fourth-order valence-electron chi connectivity index (χ4n) is 2.47. The van der Waals surface area contributed by atoms with Gasteiger partial charge in [-0.15, -0.1) is 0 Å². The van der Waals surface area contributed by atoms with Crippen molar-refractivity contribution in [2.75, 3.05) is 18.0 Å². The SMILES string of the molecule is CC1CC(NC(=O)C(C)C)CN(c2ccsc2)C1. The van der Waals surface area contributed by atoms with E-state index in [9.17, 15) is 4.79 Å². The van der Waals surface area contributed by atoms with E-state index < -0.39 is 0 Å². The molecule has 1 aromatic rings. The van der Waals surface area contributed by atoms with Crippen LogP contribution in [0, 0.1) is 11.8 Å². The minimum atomic E-state index is 0.0665. The summed E-state index contributed by atoms with van der Waals surface area (Å²) in [4.78, 5) is 14.2. The van der Waals surface area contributed by atoms with Gasteiger partial charge in [-0.1, -0.05) is 20.8 Å². The number of hydrogen-bond donors (Lipinski definition) is 1. The van der Waals surface area contributed by atoms with Crippen LogP contribution in [0.25, 0.3) is 0 Å². The molecule has 4 heteroatoms. The van der Waals surface area contributed by atoms with Crippen molar-refractivity contribution in [3.8, 4) is 0 Å². The van der Waals surface area contributed by atoms with Gasteiger partial charge in [-0.05, 0) is 23.8 Å². The van der Waals surface area contributed by atoms with E-state index in [2.05, 4.69) is 34.0 Å². The standard InChI is InChI=1S/C14H22N2OS/c1-10(2)14(17)15-12-6-11(3)7-16(8-12)13-4-5-18-9-13/h4-5,9-12H,6-8H2,1-3H3,(H,15,17). The fourth-order valence-corrected chi connectivity index (χ4v) is 3.14. The molecule has 2 rings (SSSR count). The third kappa shape index (κ3) is 3.25. The molecule has 0 aliphatic carbocycles. The summed E-state index contributed by atoms with van der Waals surface area (Å²) in [5.41, 5.74) is 1.29. The lowest BCUT2D eigenvalue weighted by Crippen LogP contribution is -2.51. The van der Waals surface area contributed by atoms with Gasteiger partial charge < -0.3 is 10.2 Å². The van der Waals surface area contributed by atoms with Crippen LogP contribution in [0.2, 0.25) is 0 Å². The Labute approximate surface area is 113 Å². The van der Waals surface area contributed by atoms with E-state index in [1.807, 2.05) is 13.8 Å². The Bertz CT molecular complexity index is 389. The van der Waals surface area contributed by atoms with Crippen LogP contribution in [0.15, 0.2) is 16.8 Å². The summed E-state index contributed by atoms with van der Waals surface area (Å²) in [5, 5.41) is 7.45. The molecule has 1 aliphatic rings. The van der Waals surface area contributed by atoms with Gasteiger partial charge in [0.05, 0.1) is 0 Å². The smallest absolute Gasteiger partial charge is 0.222 e.